The van der Waals surface area contributed by atoms with Crippen LogP contribution in [-0.4, -0.2) is 139 Å². The molecule has 7 heterocycles. The molecule has 6 aliphatic rings. The summed E-state index contributed by atoms with van der Waals surface area (Å²) >= 11 is 27.4. The molecule has 0 spiro atoms. The van der Waals surface area contributed by atoms with Crippen LogP contribution in [0, 0.1) is 13.8 Å². The van der Waals surface area contributed by atoms with Crippen LogP contribution in [0.4, 0.5) is 11.4 Å². The summed E-state index contributed by atoms with van der Waals surface area (Å²) in [7, 11) is 0. The molecule has 6 atom stereocenters. The predicted octanol–water partition coefficient (Wildman–Crippen LogP) is 15.2. The summed E-state index contributed by atoms with van der Waals surface area (Å²) in [5, 5.41) is 44.9. The van der Waals surface area contributed by atoms with Crippen molar-refractivity contribution in [1.29, 1.82) is 0 Å². The molecule has 15 rings (SSSR count). The number of rotatable bonds is 19. The molecule has 9 aromatic rings. The summed E-state index contributed by atoms with van der Waals surface area (Å²) in [6.45, 7) is 18.3. The van der Waals surface area contributed by atoms with E-state index in [1.807, 2.05) is 78.9 Å². The topological polar surface area (TPSA) is 292 Å². The van der Waals surface area contributed by atoms with Crippen LogP contribution in [0.15, 0.2) is 208 Å². The van der Waals surface area contributed by atoms with E-state index in [0.717, 1.165) is 71.0 Å². The number of carbonyl (C=O) groups is 6. The molecule has 28 heteroatoms. The maximum atomic E-state index is 13.0. The minimum atomic E-state index is -1.06. The first kappa shape index (κ1) is 78.6. The highest BCUT2D eigenvalue weighted by Crippen LogP contribution is 2.52. The number of hydrogen-bond acceptors (Lipinski definition) is 17. The average Bonchev–Trinajstić information content (AvgIpc) is 1.58. The lowest BCUT2D eigenvalue weighted by Crippen LogP contribution is -2.70. The van der Waals surface area contributed by atoms with Gasteiger partial charge in [0.1, 0.15) is 69.0 Å². The van der Waals surface area contributed by atoms with Crippen molar-refractivity contribution in [3.05, 3.63) is 253 Å². The first-order chi connectivity index (χ1) is 52.2. The van der Waals surface area contributed by atoms with E-state index in [-0.39, 0.29) is 28.6 Å². The lowest BCUT2D eigenvalue weighted by atomic mass is 9.95. The van der Waals surface area contributed by atoms with Gasteiger partial charge in [-0.1, -0.05) is 166 Å². The third-order valence-corrected chi connectivity index (χ3v) is 22.8. The van der Waals surface area contributed by atoms with Crippen LogP contribution in [0.3, 0.4) is 0 Å². The first-order valence-electron chi connectivity index (χ1n) is 35.0. The standard InChI is InChI=1S/C27H22Cl2N4.2C19H18ClN3O5S.C16H20N2/c1-17(2)30-24-16-27-25(15-23(24)31-20-11-7-18(28)8-12-20)32-22-5-3-4-6-26(22)33(27)21-13-9-19(29)10-14-21;2*1-8-11(12(22-28-8)9-6-4-5-7-10(9)20)15(24)21-13-16(25)23-14(18(26)27)19(2,3)29-17(13)23;1-3-7-15(8-4-1)13-17-11-12-18-14-16-9-5-2-6-10-16/h3-17,31H,1-2H3;2*4-7,13-14,17H,1-3H3,(H,21,24)(H,26,27);1-10,17-18H,11-14H2/t;2*13-,14+,17-;/m.11./s1. The minimum Gasteiger partial charge on any atom is -0.480 e. The normalized spacial score (nSPS) is 18.6. The van der Waals surface area contributed by atoms with Gasteiger partial charge < -0.3 is 60.2 Å². The number of nitrogens with zero attached hydrogens (tertiary/aromatic N) is 7. The number of carboxylic acid groups (broad SMARTS) is 2. The molecule has 0 saturated carbocycles. The molecule has 109 heavy (non-hydrogen) atoms. The third-order valence-electron chi connectivity index (χ3n) is 18.5. The number of hydrogen-bond donors (Lipinski definition) is 7. The maximum absolute atomic E-state index is 13.0. The fraction of sp³-hybridized carbons (Fsp3) is 0.259. The zero-order valence-corrected chi connectivity index (χ0v) is 65.1. The lowest BCUT2D eigenvalue weighted by Gasteiger charge is -2.43. The van der Waals surface area contributed by atoms with Crippen molar-refractivity contribution in [3.8, 4) is 39.6 Å². The van der Waals surface area contributed by atoms with Crippen molar-refractivity contribution in [2.75, 3.05) is 18.4 Å². The van der Waals surface area contributed by atoms with Crippen molar-refractivity contribution < 1.29 is 48.0 Å². The third kappa shape index (κ3) is 17.4. The molecule has 1 aliphatic carbocycles. The van der Waals surface area contributed by atoms with Gasteiger partial charge in [-0.15, -0.1) is 23.5 Å². The molecule has 2 aromatic heterocycles. The molecular weight excluding hydrogens is 1510 g/mol. The molecule has 7 N–H and O–H groups in total. The smallest absolute Gasteiger partial charge is 0.327 e. The number of thioether (sulfide) groups is 2. The van der Waals surface area contributed by atoms with E-state index in [2.05, 4.69) is 122 Å². The number of nitrogens with one attached hydrogen (secondary N) is 5. The van der Waals surface area contributed by atoms with Gasteiger partial charge in [0.2, 0.25) is 11.8 Å². The number of para-hydroxylation sites is 2. The van der Waals surface area contributed by atoms with Gasteiger partial charge >= 0.3 is 11.9 Å². The first-order valence-corrected chi connectivity index (χ1v) is 38.2. The summed E-state index contributed by atoms with van der Waals surface area (Å²) in [4.78, 5) is 87.0. The quantitative estimate of drug-likeness (QED) is 0.0225. The van der Waals surface area contributed by atoms with Gasteiger partial charge in [0.15, 0.2) is 0 Å². The SMILES string of the molecule is CC(C)N=c1cc2n(-c3ccc(Cl)cc3)c3ccccc3nc-2cc1Nc1ccc(Cl)cc1.Cc1onc(-c2ccccc2Cl)c1C(=O)N[C@@H]1C(=O)N2[C@@H]1SC(C)(C)[C@@H]2C(=O)O.Cc1onc(-c2ccccc2Cl)c1C(=O)N[C@@H]1C(=O)N2[C@@H]1SC(C)(C)[C@@H]2C(=O)O.c1ccc(CNCCNCc2ccccc2)cc1. The molecule has 4 saturated heterocycles. The van der Waals surface area contributed by atoms with Crippen molar-refractivity contribution in [2.45, 2.75) is 119 Å². The maximum Gasteiger partial charge on any atom is 0.327 e. The van der Waals surface area contributed by atoms with Crippen LogP contribution in [0.25, 0.3) is 50.6 Å². The Morgan fingerprint density at radius 1 is 0.569 bits per heavy atom. The van der Waals surface area contributed by atoms with Crippen molar-refractivity contribution in [3.63, 3.8) is 0 Å². The van der Waals surface area contributed by atoms with E-state index in [1.54, 1.807) is 90.1 Å². The van der Waals surface area contributed by atoms with Crippen molar-refractivity contribution in [2.24, 2.45) is 4.99 Å². The number of halogens is 4. The van der Waals surface area contributed by atoms with Crippen molar-refractivity contribution >= 4 is 128 Å². The fourth-order valence-electron chi connectivity index (χ4n) is 13.4. The lowest BCUT2D eigenvalue weighted by molar-refractivity contribution is -0.159. The summed E-state index contributed by atoms with van der Waals surface area (Å²) in [6.07, 6.45) is 0. The Labute approximate surface area is 657 Å². The number of fused-ring (bicyclic) bond motifs is 4. The number of β-lactam (4-membered cyclic amide) rings is 2. The fourth-order valence-corrected chi connectivity index (χ4v) is 17.3. The average molecular weight is 1590 g/mol. The van der Waals surface area contributed by atoms with Gasteiger partial charge in [0.05, 0.1) is 43.5 Å². The van der Waals surface area contributed by atoms with E-state index in [0.29, 0.717) is 42.7 Å². The molecule has 5 aliphatic heterocycles. The van der Waals surface area contributed by atoms with Gasteiger partial charge in [-0.3, -0.25) is 24.2 Å². The second-order valence-electron chi connectivity index (χ2n) is 27.4. The van der Waals surface area contributed by atoms with Gasteiger partial charge in [-0.05, 0) is 151 Å². The summed E-state index contributed by atoms with van der Waals surface area (Å²) in [5.74, 6) is -3.39. The molecule has 0 bridgehead atoms. The van der Waals surface area contributed by atoms with Crippen LogP contribution in [0.1, 0.15) is 84.9 Å². The van der Waals surface area contributed by atoms with E-state index < -0.39 is 80.0 Å². The summed E-state index contributed by atoms with van der Waals surface area (Å²) < 4.78 is 11.3. The molecule has 22 nitrogen and oxygen atoms in total. The van der Waals surface area contributed by atoms with E-state index in [4.69, 9.17) is 65.4 Å². The van der Waals surface area contributed by atoms with E-state index in [1.165, 1.54) is 44.5 Å². The zero-order valence-electron chi connectivity index (χ0n) is 60.5. The van der Waals surface area contributed by atoms with Crippen LogP contribution in [0.5, 0.6) is 0 Å². The van der Waals surface area contributed by atoms with Crippen molar-refractivity contribution in [1.82, 2.24) is 50.9 Å². The molecule has 0 radical (unpaired) electrons. The number of anilines is 2. The van der Waals surface area contributed by atoms with Gasteiger partial charge in [-0.25, -0.2) is 14.6 Å². The molecule has 4 fully saturated rings. The summed E-state index contributed by atoms with van der Waals surface area (Å²) in [6, 6.07) is 59.2. The van der Waals surface area contributed by atoms with Crippen LogP contribution in [0.2, 0.25) is 20.1 Å². The summed E-state index contributed by atoms with van der Waals surface area (Å²) in [5.41, 5.74) is 11.3. The van der Waals surface area contributed by atoms with Crippen LogP contribution in [-0.2, 0) is 32.3 Å². The largest absolute Gasteiger partial charge is 0.480 e. The second kappa shape index (κ2) is 33.9. The Morgan fingerprint density at radius 3 is 1.45 bits per heavy atom. The molecule has 7 aromatic carbocycles. The number of aryl methyl sites for hydroxylation is 2. The number of benzene rings is 8. The molecule has 562 valence electrons. The van der Waals surface area contributed by atoms with Gasteiger partial charge in [-0.2, -0.15) is 0 Å². The number of carboxylic acids is 2. The Bertz CT molecular complexity index is 5010. The minimum absolute atomic E-state index is 0.130. The highest BCUT2D eigenvalue weighted by Gasteiger charge is 2.65. The van der Waals surface area contributed by atoms with Crippen LogP contribution < -0.4 is 31.9 Å². The predicted molar refractivity (Wildman–Crippen MR) is 428 cm³/mol. The highest BCUT2D eigenvalue weighted by atomic mass is 35.5. The Hall–Kier alpha value is -10.0. The Kier molecular flexibility index (Phi) is 24.4. The van der Waals surface area contributed by atoms with Crippen LogP contribution >= 0.6 is 69.9 Å². The van der Waals surface area contributed by atoms with E-state index >= 15 is 0 Å². The van der Waals surface area contributed by atoms with Gasteiger partial charge in [0, 0.05) is 74.3 Å². The monoisotopic (exact) mass is 1580 g/mol. The molecular formula is C81H78Cl4N12O10S2. The number of carbonyl (C=O) groups excluding carboxylic acids is 4. The second-order valence-corrected chi connectivity index (χ2v) is 32.7. The zero-order chi connectivity index (χ0) is 77.6. The highest BCUT2D eigenvalue weighted by molar-refractivity contribution is 8.02. The van der Waals surface area contributed by atoms with Gasteiger partial charge in [0.25, 0.3) is 11.8 Å². The number of aliphatic carboxylic acids is 2. The Balaban J connectivity index is 0.000000138. The van der Waals surface area contributed by atoms with E-state index in [9.17, 15) is 39.0 Å². The number of aromatic nitrogens is 4. The molecule has 4 amide bonds. The Morgan fingerprint density at radius 2 is 1.00 bits per heavy atom. The number of amides is 4. The molecule has 0 unspecified atom stereocenters.